The van der Waals surface area contributed by atoms with E-state index in [-0.39, 0.29) is 55.9 Å². The fraction of sp³-hybridized carbons (Fsp3) is 0.150. The van der Waals surface area contributed by atoms with Crippen LogP contribution in [0.3, 0.4) is 0 Å². The van der Waals surface area contributed by atoms with E-state index in [0.717, 1.165) is 41.8 Å². The highest BCUT2D eigenvalue weighted by Crippen LogP contribution is 2.62. The average molecular weight is 685 g/mol. The summed E-state index contributed by atoms with van der Waals surface area (Å²) in [5, 5.41) is 18.9. The predicted octanol–water partition coefficient (Wildman–Crippen LogP) is 9.10. The van der Waals surface area contributed by atoms with Crippen LogP contribution in [-0.2, 0) is 10.8 Å². The van der Waals surface area contributed by atoms with Gasteiger partial charge in [-0.05, 0) is 58.7 Å². The molecule has 8 rings (SSSR count). The first kappa shape index (κ1) is 31.0. The van der Waals surface area contributed by atoms with E-state index < -0.39 is 34.0 Å². The first-order chi connectivity index (χ1) is 23.8. The number of rotatable bonds is 2. The van der Waals surface area contributed by atoms with Crippen molar-refractivity contribution in [1.29, 1.82) is 10.5 Å². The van der Waals surface area contributed by atoms with Gasteiger partial charge in [-0.3, -0.25) is 28.9 Å². The largest absolute Gasteiger partial charge is 0.288 e. The highest BCUT2D eigenvalue weighted by atomic mass is 32.1. The van der Waals surface area contributed by atoms with Gasteiger partial charge in [0.15, 0.2) is 34.5 Å². The second-order valence-electron chi connectivity index (χ2n) is 13.5. The number of ketones is 4. The molecule has 0 amide bonds. The molecule has 8 nitrogen and oxygen atoms in total. The molecular weight excluding hydrogens is 665 g/mol. The third-order valence-electron chi connectivity index (χ3n) is 10.1. The third-order valence-corrected chi connectivity index (χ3v) is 12.5. The highest BCUT2D eigenvalue weighted by Gasteiger charge is 2.48. The molecule has 0 radical (unpaired) electrons. The van der Waals surface area contributed by atoms with Gasteiger partial charge in [0.25, 0.3) is 0 Å². The third kappa shape index (κ3) is 3.86. The number of allylic oxidation sites excluding steroid dienone is 4. The number of hydrogen-bond acceptors (Lipinski definition) is 8. The molecule has 0 fully saturated rings. The molecule has 0 atom stereocenters. The quantitative estimate of drug-likeness (QED) is 0.118. The second kappa shape index (κ2) is 10.1. The van der Waals surface area contributed by atoms with Crippen molar-refractivity contribution < 1.29 is 19.2 Å². The van der Waals surface area contributed by atoms with Crippen LogP contribution < -0.4 is 0 Å². The molecule has 2 aromatic carbocycles. The van der Waals surface area contributed by atoms with Gasteiger partial charge in [-0.15, -0.1) is 22.7 Å². The molecule has 0 N–H and O–H groups in total. The Bertz CT molecular complexity index is 2610. The average Bonchev–Trinajstić information content (AvgIpc) is 3.89. The Morgan fingerprint density at radius 3 is 1.66 bits per heavy atom. The van der Waals surface area contributed by atoms with Crippen LogP contribution in [-0.4, -0.2) is 23.1 Å². The number of hydrogen-bond donors (Lipinski definition) is 0. The molecule has 0 unspecified atom stereocenters. The van der Waals surface area contributed by atoms with Crippen LogP contribution in [0.4, 0.5) is 11.4 Å². The number of thiophene rings is 2. The van der Waals surface area contributed by atoms with E-state index in [1.807, 2.05) is 24.3 Å². The summed E-state index contributed by atoms with van der Waals surface area (Å²) in [5.41, 5.74) is 3.93. The van der Waals surface area contributed by atoms with E-state index in [2.05, 4.69) is 37.4 Å². The standard InChI is InChI=1S/C40H20N4O4S2/c1-39(2)19(9-25-33(45)21-7-17(15-41)18(16-42)8-22(21)34(25)46)10-30-31(39)32-38(50-30)37-27(40(32,3)4)12-20(49-37)11-26-35(47)23-13-28(43-5)29(44-6)14-24(23)36(26)48/h7-14H,1-4H3. The van der Waals surface area contributed by atoms with E-state index in [1.54, 1.807) is 23.5 Å². The van der Waals surface area contributed by atoms with E-state index in [4.69, 9.17) is 13.1 Å². The summed E-state index contributed by atoms with van der Waals surface area (Å²) >= 11 is 3.13. The fourth-order valence-corrected chi connectivity index (χ4v) is 10.5. The van der Waals surface area contributed by atoms with E-state index >= 15 is 0 Å². The molecule has 0 aliphatic heterocycles. The number of fused-ring (bicyclic) bond motifs is 7. The van der Waals surface area contributed by atoms with Gasteiger partial charge < -0.3 is 0 Å². The highest BCUT2D eigenvalue weighted by molar-refractivity contribution is 7.23. The van der Waals surface area contributed by atoms with Crippen LogP contribution in [0.2, 0.25) is 0 Å². The van der Waals surface area contributed by atoms with Gasteiger partial charge >= 0.3 is 0 Å². The molecule has 4 aliphatic carbocycles. The SMILES string of the molecule is [C-]#[N+]c1cc2c(cc1[N+]#[C-])C(=O)C(=Cc1cc3c(s1)-c1sc4c(c1C3(C)C)C(C)(C)C(C=C1C(=O)c3cc(C#N)c(C#N)cc3C1=O)=C4)C2=O. The van der Waals surface area contributed by atoms with Crippen LogP contribution in [0.15, 0.2) is 53.1 Å². The summed E-state index contributed by atoms with van der Waals surface area (Å²) in [7, 11) is 0. The van der Waals surface area contributed by atoms with Crippen LogP contribution in [0.1, 0.15) is 107 Å². The molecule has 2 heterocycles. The van der Waals surface area contributed by atoms with Crippen LogP contribution in [0.25, 0.3) is 31.6 Å². The summed E-state index contributed by atoms with van der Waals surface area (Å²) in [6.07, 6.45) is 5.28. The molecule has 10 heteroatoms. The van der Waals surface area contributed by atoms with Gasteiger partial charge in [-0.2, -0.15) is 10.5 Å². The lowest BCUT2D eigenvalue weighted by Gasteiger charge is -2.29. The van der Waals surface area contributed by atoms with Crippen LogP contribution >= 0.6 is 22.7 Å². The van der Waals surface area contributed by atoms with Gasteiger partial charge in [-0.25, -0.2) is 0 Å². The van der Waals surface area contributed by atoms with Gasteiger partial charge in [0.1, 0.15) is 12.1 Å². The summed E-state index contributed by atoms with van der Waals surface area (Å²) in [6.45, 7) is 23.1. The molecule has 0 saturated heterocycles. The molecule has 4 aliphatic rings. The Hall–Kier alpha value is -6.30. The van der Waals surface area contributed by atoms with Crippen LogP contribution in [0, 0.1) is 35.8 Å². The first-order valence-electron chi connectivity index (χ1n) is 15.3. The molecule has 236 valence electrons. The fourth-order valence-electron chi connectivity index (χ4n) is 7.50. The zero-order valence-corrected chi connectivity index (χ0v) is 28.5. The molecule has 0 saturated carbocycles. The summed E-state index contributed by atoms with van der Waals surface area (Å²) < 4.78 is 0. The maximum atomic E-state index is 13.4. The Balaban J connectivity index is 1.17. The predicted molar refractivity (Wildman–Crippen MR) is 189 cm³/mol. The number of nitrogens with zero attached hydrogens (tertiary/aromatic N) is 4. The van der Waals surface area contributed by atoms with Gasteiger partial charge in [-0.1, -0.05) is 39.8 Å². The number of carbonyl (C=O) groups is 4. The monoisotopic (exact) mass is 684 g/mol. The zero-order valence-electron chi connectivity index (χ0n) is 26.9. The molecule has 4 aromatic rings. The zero-order chi connectivity index (χ0) is 35.6. The van der Waals surface area contributed by atoms with E-state index in [0.29, 0.717) is 0 Å². The van der Waals surface area contributed by atoms with Gasteiger partial charge in [0, 0.05) is 52.6 Å². The van der Waals surface area contributed by atoms with Crippen molar-refractivity contribution >= 4 is 69.3 Å². The Morgan fingerprint density at radius 1 is 0.660 bits per heavy atom. The number of benzene rings is 2. The Morgan fingerprint density at radius 2 is 1.16 bits per heavy atom. The summed E-state index contributed by atoms with van der Waals surface area (Å²) in [5.74, 6) is -1.84. The number of Topliss-reactive ketones (excluding diaryl/α,β-unsaturated/α-hetero) is 4. The van der Waals surface area contributed by atoms with Crippen LogP contribution in [0.5, 0.6) is 0 Å². The summed E-state index contributed by atoms with van der Waals surface area (Å²) in [6, 6.07) is 11.2. The molecule has 0 bridgehead atoms. The number of carbonyl (C=O) groups excluding carboxylic acids is 4. The molecule has 50 heavy (non-hydrogen) atoms. The lowest BCUT2D eigenvalue weighted by molar-refractivity contribution is 0.0974. The van der Waals surface area contributed by atoms with Crippen molar-refractivity contribution in [3.05, 3.63) is 136 Å². The Labute approximate surface area is 294 Å². The molecule has 2 aromatic heterocycles. The smallest absolute Gasteiger partial charge is 0.197 e. The maximum Gasteiger partial charge on any atom is 0.197 e. The minimum Gasteiger partial charge on any atom is -0.288 e. The van der Waals surface area contributed by atoms with Gasteiger partial charge in [0.2, 0.25) is 0 Å². The maximum absolute atomic E-state index is 13.4. The number of nitriles is 2. The van der Waals surface area contributed by atoms with Crippen molar-refractivity contribution in [3.63, 3.8) is 0 Å². The topological polar surface area (TPSA) is 125 Å². The lowest BCUT2D eigenvalue weighted by Crippen LogP contribution is -2.24. The van der Waals surface area contributed by atoms with Crippen molar-refractivity contribution in [2.75, 3.05) is 0 Å². The van der Waals surface area contributed by atoms with Crippen molar-refractivity contribution in [1.82, 2.24) is 0 Å². The van der Waals surface area contributed by atoms with Gasteiger partial charge in [0.05, 0.1) is 35.4 Å². The van der Waals surface area contributed by atoms with Crippen molar-refractivity contribution in [3.8, 4) is 21.9 Å². The molecular formula is C40H20N4O4S2. The minimum absolute atomic E-state index is 0.00920. The van der Waals surface area contributed by atoms with Crippen molar-refractivity contribution in [2.24, 2.45) is 0 Å². The van der Waals surface area contributed by atoms with E-state index in [1.165, 1.54) is 35.6 Å². The normalized spacial score (nSPS) is 16.8. The molecule has 0 spiro atoms. The van der Waals surface area contributed by atoms with E-state index in [9.17, 15) is 29.7 Å². The minimum atomic E-state index is -0.559. The first-order valence-corrected chi connectivity index (χ1v) is 17.0. The second-order valence-corrected chi connectivity index (χ2v) is 15.6. The summed E-state index contributed by atoms with van der Waals surface area (Å²) in [4.78, 5) is 64.1. The lowest BCUT2D eigenvalue weighted by atomic mass is 9.73. The van der Waals surface area contributed by atoms with Crippen molar-refractivity contribution in [2.45, 2.75) is 38.5 Å². The Kier molecular flexibility index (Phi) is 6.27.